The van der Waals surface area contributed by atoms with Crippen molar-refractivity contribution in [2.75, 3.05) is 6.61 Å². The number of unbranched alkanes of at least 4 members (excludes halogenated alkanes) is 1. The maximum atomic E-state index is 10.6. The molecule has 0 bridgehead atoms. The number of aromatic nitrogens is 2. The molecule has 24 heavy (non-hydrogen) atoms. The first kappa shape index (κ1) is 15.7. The summed E-state index contributed by atoms with van der Waals surface area (Å²) in [5.41, 5.74) is 0.720. The van der Waals surface area contributed by atoms with Crippen LogP contribution in [-0.2, 0) is 0 Å². The van der Waals surface area contributed by atoms with Gasteiger partial charge in [0.05, 0.1) is 12.7 Å². The minimum absolute atomic E-state index is 0.154. The molecular weight excluding hydrogens is 314 g/mol. The van der Waals surface area contributed by atoms with E-state index in [2.05, 4.69) is 17.1 Å². The summed E-state index contributed by atoms with van der Waals surface area (Å²) in [6, 6.07) is 9.94. The minimum Gasteiger partial charge on any atom is -0.494 e. The highest BCUT2D eigenvalue weighted by atomic mass is 16.6. The Kier molecular flexibility index (Phi) is 4.55. The minimum atomic E-state index is -0.623. The van der Waals surface area contributed by atoms with Gasteiger partial charge in [-0.3, -0.25) is 10.1 Å². The number of hydrogen-bond acceptors (Lipinski definition) is 7. The van der Waals surface area contributed by atoms with Gasteiger partial charge in [0.25, 0.3) is 5.89 Å². The third-order valence-electron chi connectivity index (χ3n) is 3.29. The van der Waals surface area contributed by atoms with E-state index < -0.39 is 4.92 Å². The van der Waals surface area contributed by atoms with Crippen molar-refractivity contribution in [3.05, 3.63) is 46.5 Å². The molecule has 0 saturated carbocycles. The highest BCUT2D eigenvalue weighted by Crippen LogP contribution is 2.27. The molecule has 1 aromatic carbocycles. The summed E-state index contributed by atoms with van der Waals surface area (Å²) in [7, 11) is 0. The molecule has 3 aromatic rings. The van der Waals surface area contributed by atoms with Gasteiger partial charge in [-0.25, -0.2) is 0 Å². The number of ether oxygens (including phenoxy) is 1. The number of hydrogen-bond donors (Lipinski definition) is 0. The largest absolute Gasteiger partial charge is 0.494 e. The molecule has 0 amide bonds. The molecule has 0 saturated heterocycles. The molecule has 3 rings (SSSR count). The molecule has 0 spiro atoms. The second-order valence-electron chi connectivity index (χ2n) is 5.04. The Morgan fingerprint density at radius 3 is 2.67 bits per heavy atom. The van der Waals surface area contributed by atoms with Gasteiger partial charge >= 0.3 is 5.88 Å². The van der Waals surface area contributed by atoms with E-state index in [1.807, 2.05) is 24.3 Å². The van der Waals surface area contributed by atoms with Crippen molar-refractivity contribution in [2.45, 2.75) is 19.8 Å². The van der Waals surface area contributed by atoms with E-state index in [4.69, 9.17) is 13.7 Å². The van der Waals surface area contributed by atoms with Gasteiger partial charge < -0.3 is 13.7 Å². The monoisotopic (exact) mass is 329 g/mol. The molecule has 8 heteroatoms. The molecule has 0 aliphatic carbocycles. The highest BCUT2D eigenvalue weighted by Gasteiger charge is 2.18. The van der Waals surface area contributed by atoms with Crippen LogP contribution in [0.3, 0.4) is 0 Å². The number of nitro groups is 1. The predicted octanol–water partition coefficient (Wildman–Crippen LogP) is 4.08. The van der Waals surface area contributed by atoms with Gasteiger partial charge in [0.15, 0.2) is 5.76 Å². The van der Waals surface area contributed by atoms with Gasteiger partial charge in [-0.1, -0.05) is 18.5 Å². The zero-order chi connectivity index (χ0) is 16.9. The van der Waals surface area contributed by atoms with Crippen molar-refractivity contribution in [1.82, 2.24) is 10.1 Å². The van der Waals surface area contributed by atoms with Crippen molar-refractivity contribution in [3.63, 3.8) is 0 Å². The van der Waals surface area contributed by atoms with Gasteiger partial charge in [0, 0.05) is 5.56 Å². The van der Waals surface area contributed by atoms with E-state index in [1.165, 1.54) is 12.1 Å². The molecule has 0 N–H and O–H groups in total. The Bertz CT molecular complexity index is 822. The molecule has 0 atom stereocenters. The lowest BCUT2D eigenvalue weighted by Gasteiger charge is -2.04. The maximum absolute atomic E-state index is 10.6. The van der Waals surface area contributed by atoms with Crippen molar-refractivity contribution < 1.29 is 18.6 Å². The summed E-state index contributed by atoms with van der Waals surface area (Å²) in [4.78, 5) is 14.2. The van der Waals surface area contributed by atoms with Gasteiger partial charge in [-0.2, -0.15) is 4.98 Å². The Labute approximate surface area is 137 Å². The zero-order valence-corrected chi connectivity index (χ0v) is 13.0. The van der Waals surface area contributed by atoms with Gasteiger partial charge in [0.1, 0.15) is 10.7 Å². The van der Waals surface area contributed by atoms with Crippen LogP contribution in [0.4, 0.5) is 5.88 Å². The molecule has 8 nitrogen and oxygen atoms in total. The summed E-state index contributed by atoms with van der Waals surface area (Å²) in [6.07, 6.45) is 2.08. The molecular formula is C16H15N3O5. The van der Waals surface area contributed by atoms with Crippen molar-refractivity contribution in [1.29, 1.82) is 0 Å². The van der Waals surface area contributed by atoms with Gasteiger partial charge in [0.2, 0.25) is 5.82 Å². The van der Waals surface area contributed by atoms with Gasteiger partial charge in [-0.15, -0.1) is 0 Å². The molecule has 124 valence electrons. The average Bonchev–Trinajstić information content (AvgIpc) is 3.25. The van der Waals surface area contributed by atoms with E-state index in [9.17, 15) is 10.1 Å². The first-order chi connectivity index (χ1) is 11.7. The third-order valence-corrected chi connectivity index (χ3v) is 3.29. The van der Waals surface area contributed by atoms with E-state index in [1.54, 1.807) is 0 Å². The van der Waals surface area contributed by atoms with Crippen LogP contribution in [0.15, 0.2) is 45.3 Å². The molecule has 2 aromatic heterocycles. The number of benzene rings is 1. The molecule has 0 aliphatic rings. The fourth-order valence-electron chi connectivity index (χ4n) is 2.01. The van der Waals surface area contributed by atoms with E-state index in [-0.39, 0.29) is 17.5 Å². The van der Waals surface area contributed by atoms with Crippen LogP contribution in [0.1, 0.15) is 19.8 Å². The second-order valence-corrected chi connectivity index (χ2v) is 5.04. The summed E-state index contributed by atoms with van der Waals surface area (Å²) < 4.78 is 15.8. The van der Waals surface area contributed by atoms with Crippen LogP contribution in [0.2, 0.25) is 0 Å². The zero-order valence-electron chi connectivity index (χ0n) is 13.0. The summed E-state index contributed by atoms with van der Waals surface area (Å²) in [6.45, 7) is 2.78. The van der Waals surface area contributed by atoms with Crippen molar-refractivity contribution >= 4 is 5.88 Å². The quantitative estimate of drug-likeness (QED) is 0.365. The second kappa shape index (κ2) is 6.95. The summed E-state index contributed by atoms with van der Waals surface area (Å²) in [5.74, 6) is 1.03. The molecule has 0 aliphatic heterocycles. The standard InChI is InChI=1S/C16H15N3O5/c1-2-3-10-22-12-6-4-11(5-7-12)16-17-15(18-24-16)13-8-9-14(23-13)19(20)21/h4-9H,2-3,10H2,1H3. The average molecular weight is 329 g/mol. The first-order valence-corrected chi connectivity index (χ1v) is 7.49. The normalized spacial score (nSPS) is 10.7. The Balaban J connectivity index is 1.73. The van der Waals surface area contributed by atoms with Crippen LogP contribution in [0.25, 0.3) is 23.0 Å². The fraction of sp³-hybridized carbons (Fsp3) is 0.250. The van der Waals surface area contributed by atoms with Crippen LogP contribution < -0.4 is 4.74 Å². The summed E-state index contributed by atoms with van der Waals surface area (Å²) in [5, 5.41) is 14.4. The predicted molar refractivity (Wildman–Crippen MR) is 84.5 cm³/mol. The fourth-order valence-corrected chi connectivity index (χ4v) is 2.01. The number of nitrogens with zero attached hydrogens (tertiary/aromatic N) is 3. The summed E-state index contributed by atoms with van der Waals surface area (Å²) >= 11 is 0. The molecule has 0 fully saturated rings. The van der Waals surface area contributed by atoms with Crippen molar-refractivity contribution in [2.24, 2.45) is 0 Å². The van der Waals surface area contributed by atoms with Crippen molar-refractivity contribution in [3.8, 4) is 28.8 Å². The molecule has 0 radical (unpaired) electrons. The SMILES string of the molecule is CCCCOc1ccc(-c2nc(-c3ccc([N+](=O)[O-])o3)no2)cc1. The van der Waals surface area contributed by atoms with Crippen LogP contribution in [0, 0.1) is 10.1 Å². The van der Waals surface area contributed by atoms with Crippen LogP contribution in [0.5, 0.6) is 5.75 Å². The lowest BCUT2D eigenvalue weighted by Crippen LogP contribution is -1.95. The van der Waals surface area contributed by atoms with E-state index >= 15 is 0 Å². The Morgan fingerprint density at radius 1 is 1.21 bits per heavy atom. The smallest absolute Gasteiger partial charge is 0.433 e. The highest BCUT2D eigenvalue weighted by molar-refractivity contribution is 5.58. The van der Waals surface area contributed by atoms with E-state index in [0.717, 1.165) is 24.2 Å². The van der Waals surface area contributed by atoms with Gasteiger partial charge in [-0.05, 0) is 36.8 Å². The van der Waals surface area contributed by atoms with Crippen LogP contribution in [-0.4, -0.2) is 21.7 Å². The maximum Gasteiger partial charge on any atom is 0.433 e. The third kappa shape index (κ3) is 3.43. The number of furan rings is 1. The molecule has 2 heterocycles. The topological polar surface area (TPSA) is 104 Å². The van der Waals surface area contributed by atoms with Crippen LogP contribution >= 0.6 is 0 Å². The lowest BCUT2D eigenvalue weighted by atomic mass is 10.2. The lowest BCUT2D eigenvalue weighted by molar-refractivity contribution is -0.401. The molecule has 0 unspecified atom stereocenters. The Morgan fingerprint density at radius 2 is 2.00 bits per heavy atom. The van der Waals surface area contributed by atoms with E-state index in [0.29, 0.717) is 12.5 Å². The first-order valence-electron chi connectivity index (χ1n) is 7.49. The Hall–Kier alpha value is -3.16. The number of rotatable bonds is 7.